The van der Waals surface area contributed by atoms with Crippen LogP contribution in [0.5, 0.6) is 0 Å². The quantitative estimate of drug-likeness (QED) is 0.847. The van der Waals surface area contributed by atoms with Gasteiger partial charge in [-0.3, -0.25) is 0 Å². The molecule has 1 aliphatic heterocycles. The molecule has 1 saturated heterocycles. The van der Waals surface area contributed by atoms with Crippen molar-refractivity contribution in [3.8, 4) is 6.07 Å². The van der Waals surface area contributed by atoms with E-state index in [1.54, 1.807) is 29.2 Å². The van der Waals surface area contributed by atoms with Gasteiger partial charge in [-0.05, 0) is 17.7 Å². The molecule has 1 aliphatic rings. The van der Waals surface area contributed by atoms with Gasteiger partial charge in [-0.25, -0.2) is 4.79 Å². The zero-order valence-electron chi connectivity index (χ0n) is 10.1. The summed E-state index contributed by atoms with van der Waals surface area (Å²) < 4.78 is 5.22. The van der Waals surface area contributed by atoms with E-state index in [1.165, 1.54) is 0 Å². The topological polar surface area (TPSA) is 65.4 Å². The average Bonchev–Trinajstić information content (AvgIpc) is 2.46. The molecule has 0 saturated carbocycles. The van der Waals surface area contributed by atoms with Gasteiger partial charge < -0.3 is 15.0 Å². The Bertz CT molecular complexity index is 444. The van der Waals surface area contributed by atoms with Crippen molar-refractivity contribution in [1.82, 2.24) is 10.2 Å². The second-order valence-electron chi connectivity index (χ2n) is 4.10. The first-order chi connectivity index (χ1) is 8.79. The second-order valence-corrected chi connectivity index (χ2v) is 4.10. The van der Waals surface area contributed by atoms with E-state index in [9.17, 15) is 4.79 Å². The molecular weight excluding hydrogens is 230 g/mol. The van der Waals surface area contributed by atoms with Crippen LogP contribution in [0, 0.1) is 11.3 Å². The van der Waals surface area contributed by atoms with Crippen molar-refractivity contribution in [2.45, 2.75) is 6.61 Å². The van der Waals surface area contributed by atoms with E-state index in [4.69, 9.17) is 10.00 Å². The Labute approximate surface area is 106 Å². The molecule has 0 aliphatic carbocycles. The monoisotopic (exact) mass is 245 g/mol. The molecular formula is C13H15N3O2. The number of amides is 1. The average molecular weight is 245 g/mol. The summed E-state index contributed by atoms with van der Waals surface area (Å²) in [6, 6.07) is 9.07. The van der Waals surface area contributed by atoms with Crippen LogP contribution in [-0.4, -0.2) is 37.2 Å². The number of nitrogens with one attached hydrogen (secondary N) is 1. The van der Waals surface area contributed by atoms with Crippen molar-refractivity contribution in [3.63, 3.8) is 0 Å². The minimum atomic E-state index is -0.277. The maximum Gasteiger partial charge on any atom is 0.410 e. The fraction of sp³-hybridized carbons (Fsp3) is 0.385. The van der Waals surface area contributed by atoms with Gasteiger partial charge in [0, 0.05) is 26.2 Å². The van der Waals surface area contributed by atoms with Crippen molar-refractivity contribution < 1.29 is 9.53 Å². The van der Waals surface area contributed by atoms with E-state index in [2.05, 4.69) is 5.32 Å². The van der Waals surface area contributed by atoms with Crippen LogP contribution in [0.2, 0.25) is 0 Å². The Morgan fingerprint density at radius 2 is 2.00 bits per heavy atom. The van der Waals surface area contributed by atoms with Gasteiger partial charge in [0.25, 0.3) is 0 Å². The van der Waals surface area contributed by atoms with Gasteiger partial charge >= 0.3 is 6.09 Å². The van der Waals surface area contributed by atoms with E-state index < -0.39 is 0 Å². The Morgan fingerprint density at radius 3 is 2.61 bits per heavy atom. The summed E-state index contributed by atoms with van der Waals surface area (Å²) >= 11 is 0. The first-order valence-electron chi connectivity index (χ1n) is 5.91. The molecule has 1 fully saturated rings. The Kier molecular flexibility index (Phi) is 4.15. The van der Waals surface area contributed by atoms with Gasteiger partial charge in [0.1, 0.15) is 6.61 Å². The molecule has 1 heterocycles. The van der Waals surface area contributed by atoms with E-state index in [0.29, 0.717) is 18.7 Å². The van der Waals surface area contributed by atoms with E-state index in [0.717, 1.165) is 18.7 Å². The molecule has 0 unspecified atom stereocenters. The molecule has 0 radical (unpaired) electrons. The van der Waals surface area contributed by atoms with E-state index >= 15 is 0 Å². The molecule has 0 atom stereocenters. The number of benzene rings is 1. The number of hydrogen-bond acceptors (Lipinski definition) is 4. The maximum atomic E-state index is 11.7. The number of piperazine rings is 1. The first kappa shape index (κ1) is 12.4. The summed E-state index contributed by atoms with van der Waals surface area (Å²) in [7, 11) is 0. The highest BCUT2D eigenvalue weighted by Gasteiger charge is 2.17. The SMILES string of the molecule is N#Cc1ccc(COC(=O)N2CCNCC2)cc1. The second kappa shape index (κ2) is 6.03. The summed E-state index contributed by atoms with van der Waals surface area (Å²) in [4.78, 5) is 13.4. The van der Waals surface area contributed by atoms with E-state index in [-0.39, 0.29) is 12.7 Å². The molecule has 1 N–H and O–H groups in total. The van der Waals surface area contributed by atoms with Gasteiger partial charge in [-0.15, -0.1) is 0 Å². The zero-order chi connectivity index (χ0) is 12.8. The van der Waals surface area contributed by atoms with Crippen LogP contribution < -0.4 is 5.32 Å². The first-order valence-corrected chi connectivity index (χ1v) is 5.91. The molecule has 1 aromatic rings. The number of nitriles is 1. The van der Waals surface area contributed by atoms with Crippen LogP contribution in [0.3, 0.4) is 0 Å². The molecule has 1 aromatic carbocycles. The normalized spacial score (nSPS) is 14.9. The van der Waals surface area contributed by atoms with E-state index in [1.807, 2.05) is 6.07 Å². The summed E-state index contributed by atoms with van der Waals surface area (Å²) in [5.74, 6) is 0. The smallest absolute Gasteiger partial charge is 0.410 e. The third kappa shape index (κ3) is 3.22. The van der Waals surface area contributed by atoms with Gasteiger partial charge in [0.2, 0.25) is 0 Å². The number of nitrogens with zero attached hydrogens (tertiary/aromatic N) is 2. The van der Waals surface area contributed by atoms with Crippen LogP contribution in [0.15, 0.2) is 24.3 Å². The van der Waals surface area contributed by atoms with Crippen LogP contribution >= 0.6 is 0 Å². The summed E-state index contributed by atoms with van der Waals surface area (Å²) in [6.07, 6.45) is -0.277. The van der Waals surface area contributed by atoms with Gasteiger partial charge in [-0.1, -0.05) is 12.1 Å². The Balaban J connectivity index is 1.83. The lowest BCUT2D eigenvalue weighted by Crippen LogP contribution is -2.46. The third-order valence-corrected chi connectivity index (χ3v) is 2.82. The van der Waals surface area contributed by atoms with Gasteiger partial charge in [-0.2, -0.15) is 5.26 Å². The van der Waals surface area contributed by atoms with Crippen molar-refractivity contribution in [3.05, 3.63) is 35.4 Å². The maximum absolute atomic E-state index is 11.7. The minimum absolute atomic E-state index is 0.245. The number of hydrogen-bond donors (Lipinski definition) is 1. The summed E-state index contributed by atoms with van der Waals surface area (Å²) in [6.45, 7) is 3.24. The number of ether oxygens (including phenoxy) is 1. The highest BCUT2D eigenvalue weighted by molar-refractivity contribution is 5.67. The third-order valence-electron chi connectivity index (χ3n) is 2.82. The molecule has 18 heavy (non-hydrogen) atoms. The molecule has 5 heteroatoms. The summed E-state index contributed by atoms with van der Waals surface area (Å²) in [5.41, 5.74) is 1.49. The van der Waals surface area contributed by atoms with Crippen molar-refractivity contribution >= 4 is 6.09 Å². The highest BCUT2D eigenvalue weighted by Crippen LogP contribution is 2.06. The standard InChI is InChI=1S/C13H15N3O2/c14-9-11-1-3-12(4-2-11)10-18-13(17)16-7-5-15-6-8-16/h1-4,15H,5-8,10H2. The Hall–Kier alpha value is -2.06. The minimum Gasteiger partial charge on any atom is -0.445 e. The largest absolute Gasteiger partial charge is 0.445 e. The molecule has 0 bridgehead atoms. The summed E-state index contributed by atoms with van der Waals surface area (Å²) in [5, 5.41) is 11.8. The molecule has 0 spiro atoms. The Morgan fingerprint density at radius 1 is 1.33 bits per heavy atom. The fourth-order valence-corrected chi connectivity index (χ4v) is 1.76. The lowest BCUT2D eigenvalue weighted by molar-refractivity contribution is 0.0918. The van der Waals surface area contributed by atoms with Crippen molar-refractivity contribution in [2.24, 2.45) is 0 Å². The number of rotatable bonds is 2. The van der Waals surface area contributed by atoms with Crippen LogP contribution in [0.1, 0.15) is 11.1 Å². The van der Waals surface area contributed by atoms with Crippen LogP contribution in [-0.2, 0) is 11.3 Å². The number of carbonyl (C=O) groups excluding carboxylic acids is 1. The molecule has 1 amide bonds. The van der Waals surface area contributed by atoms with Gasteiger partial charge in [0.15, 0.2) is 0 Å². The molecule has 0 aromatic heterocycles. The van der Waals surface area contributed by atoms with Gasteiger partial charge in [0.05, 0.1) is 11.6 Å². The lowest BCUT2D eigenvalue weighted by Gasteiger charge is -2.26. The number of carbonyl (C=O) groups is 1. The highest BCUT2D eigenvalue weighted by atomic mass is 16.6. The van der Waals surface area contributed by atoms with Crippen molar-refractivity contribution in [1.29, 1.82) is 5.26 Å². The lowest BCUT2D eigenvalue weighted by atomic mass is 10.2. The fourth-order valence-electron chi connectivity index (χ4n) is 1.76. The molecule has 2 rings (SSSR count). The predicted molar refractivity (Wildman–Crippen MR) is 65.8 cm³/mol. The van der Waals surface area contributed by atoms with Crippen LogP contribution in [0.25, 0.3) is 0 Å². The van der Waals surface area contributed by atoms with Crippen molar-refractivity contribution in [2.75, 3.05) is 26.2 Å². The molecule has 94 valence electrons. The molecule has 5 nitrogen and oxygen atoms in total. The zero-order valence-corrected chi connectivity index (χ0v) is 10.1. The predicted octanol–water partition coefficient (Wildman–Crippen LogP) is 1.10. The van der Waals surface area contributed by atoms with Crippen LogP contribution in [0.4, 0.5) is 4.79 Å².